The lowest BCUT2D eigenvalue weighted by molar-refractivity contribution is 0.283. The molecule has 1 aliphatic rings. The third-order valence-electron chi connectivity index (χ3n) is 4.96. The zero-order valence-electron chi connectivity index (χ0n) is 16.6. The lowest BCUT2D eigenvalue weighted by Crippen LogP contribution is -2.46. The van der Waals surface area contributed by atoms with Crippen molar-refractivity contribution in [2.75, 3.05) is 42.9 Å². The Morgan fingerprint density at radius 2 is 1.87 bits per heavy atom. The van der Waals surface area contributed by atoms with Crippen molar-refractivity contribution < 1.29 is 0 Å². The van der Waals surface area contributed by atoms with Crippen molar-refractivity contribution in [2.45, 2.75) is 0 Å². The van der Waals surface area contributed by atoms with Crippen molar-refractivity contribution in [3.63, 3.8) is 0 Å². The van der Waals surface area contributed by atoms with Crippen LogP contribution in [0.1, 0.15) is 11.1 Å². The fraction of sp³-hybridized carbons (Fsp3) is 0.217. The minimum absolute atomic E-state index is 0.427. The Labute approximate surface area is 176 Å². The van der Waals surface area contributed by atoms with Gasteiger partial charge in [-0.1, -0.05) is 48.6 Å². The first kappa shape index (κ1) is 19.6. The van der Waals surface area contributed by atoms with E-state index >= 15 is 0 Å². The number of aromatic nitrogens is 3. The summed E-state index contributed by atoms with van der Waals surface area (Å²) in [5, 5.41) is 20.3. The summed E-state index contributed by atoms with van der Waals surface area (Å²) in [6.07, 6.45) is 6.08. The van der Waals surface area contributed by atoms with Gasteiger partial charge in [-0.15, -0.1) is 5.10 Å². The molecule has 0 spiro atoms. The largest absolute Gasteiger partial charge is 0.353 e. The molecule has 0 aliphatic carbocycles. The third-order valence-corrected chi connectivity index (χ3v) is 4.96. The highest BCUT2D eigenvalue weighted by atomic mass is 15.3. The third kappa shape index (κ3) is 5.19. The molecule has 7 nitrogen and oxygen atoms in total. The summed E-state index contributed by atoms with van der Waals surface area (Å²) >= 11 is 0. The SMILES string of the molecule is N#Cc1cccc(Nc2nncc(N3CCN(C/C=C/c4ccccc4)CC3)n2)c1. The van der Waals surface area contributed by atoms with Gasteiger partial charge in [0, 0.05) is 38.4 Å². The molecule has 0 saturated carbocycles. The summed E-state index contributed by atoms with van der Waals surface area (Å²) in [6, 6.07) is 19.7. The molecule has 1 aromatic heterocycles. The first-order valence-electron chi connectivity index (χ1n) is 9.96. The summed E-state index contributed by atoms with van der Waals surface area (Å²) < 4.78 is 0. The zero-order chi connectivity index (χ0) is 20.6. The highest BCUT2D eigenvalue weighted by molar-refractivity contribution is 5.57. The maximum Gasteiger partial charge on any atom is 0.249 e. The van der Waals surface area contributed by atoms with Crippen molar-refractivity contribution >= 4 is 23.5 Å². The Balaban J connectivity index is 1.32. The van der Waals surface area contributed by atoms with Crippen LogP contribution in [0.3, 0.4) is 0 Å². The maximum absolute atomic E-state index is 9.04. The van der Waals surface area contributed by atoms with E-state index < -0.39 is 0 Å². The molecule has 0 atom stereocenters. The predicted octanol–water partition coefficient (Wildman–Crippen LogP) is 3.32. The van der Waals surface area contributed by atoms with Gasteiger partial charge in [-0.2, -0.15) is 15.3 Å². The first-order chi connectivity index (χ1) is 14.8. The molecule has 150 valence electrons. The summed E-state index contributed by atoms with van der Waals surface area (Å²) in [7, 11) is 0. The molecule has 2 heterocycles. The van der Waals surface area contributed by atoms with Crippen LogP contribution in [0.25, 0.3) is 6.08 Å². The van der Waals surface area contributed by atoms with Crippen molar-refractivity contribution in [2.24, 2.45) is 0 Å². The number of nitriles is 1. The summed E-state index contributed by atoms with van der Waals surface area (Å²) in [5.74, 6) is 1.24. The van der Waals surface area contributed by atoms with Crippen LogP contribution in [0.4, 0.5) is 17.5 Å². The molecule has 1 fully saturated rings. The molecule has 7 heteroatoms. The van der Waals surface area contributed by atoms with Crippen molar-refractivity contribution in [1.29, 1.82) is 5.26 Å². The van der Waals surface area contributed by atoms with Gasteiger partial charge in [-0.25, -0.2) is 0 Å². The molecule has 1 aliphatic heterocycles. The Bertz CT molecular complexity index is 1030. The average Bonchev–Trinajstić information content (AvgIpc) is 2.80. The minimum atomic E-state index is 0.427. The van der Waals surface area contributed by atoms with Gasteiger partial charge in [0.05, 0.1) is 17.8 Å². The van der Waals surface area contributed by atoms with Gasteiger partial charge in [0.25, 0.3) is 0 Å². The van der Waals surface area contributed by atoms with E-state index in [0.29, 0.717) is 11.5 Å². The number of hydrogen-bond acceptors (Lipinski definition) is 7. The summed E-state index contributed by atoms with van der Waals surface area (Å²) in [6.45, 7) is 4.65. The number of piperazine rings is 1. The van der Waals surface area contributed by atoms with Crippen LogP contribution in [0.15, 0.2) is 66.9 Å². The highest BCUT2D eigenvalue weighted by Crippen LogP contribution is 2.17. The Morgan fingerprint density at radius 1 is 1.03 bits per heavy atom. The van der Waals surface area contributed by atoms with E-state index in [0.717, 1.165) is 44.2 Å². The van der Waals surface area contributed by atoms with Gasteiger partial charge in [-0.3, -0.25) is 4.90 Å². The molecule has 0 amide bonds. The molecule has 3 aromatic rings. The molecule has 30 heavy (non-hydrogen) atoms. The van der Waals surface area contributed by atoms with Crippen molar-refractivity contribution in [3.05, 3.63) is 78.0 Å². The number of nitrogens with zero attached hydrogens (tertiary/aromatic N) is 6. The lowest BCUT2D eigenvalue weighted by Gasteiger charge is -2.34. The van der Waals surface area contributed by atoms with E-state index in [4.69, 9.17) is 5.26 Å². The Hall–Kier alpha value is -3.76. The lowest BCUT2D eigenvalue weighted by atomic mass is 10.2. The standard InChI is InChI=1S/C23H23N7/c24-17-20-8-4-10-21(16-20)26-23-27-22(18-25-28-23)30-14-12-29(13-15-30)11-5-9-19-6-2-1-3-7-19/h1-10,16,18H,11-15H2,(H,26,27,28)/b9-5+. The fourth-order valence-corrected chi connectivity index (χ4v) is 3.36. The molecule has 0 unspecified atom stereocenters. The first-order valence-corrected chi connectivity index (χ1v) is 9.96. The second kappa shape index (κ2) is 9.63. The second-order valence-corrected chi connectivity index (χ2v) is 7.06. The predicted molar refractivity (Wildman–Crippen MR) is 118 cm³/mol. The average molecular weight is 397 g/mol. The number of anilines is 3. The van der Waals surface area contributed by atoms with E-state index in [9.17, 15) is 0 Å². The molecular formula is C23H23N7. The van der Waals surface area contributed by atoms with Crippen LogP contribution in [0.2, 0.25) is 0 Å². The van der Waals surface area contributed by atoms with Crippen LogP contribution in [0.5, 0.6) is 0 Å². The van der Waals surface area contributed by atoms with Crippen LogP contribution < -0.4 is 10.2 Å². The van der Waals surface area contributed by atoms with E-state index in [-0.39, 0.29) is 0 Å². The van der Waals surface area contributed by atoms with Crippen LogP contribution >= 0.6 is 0 Å². The fourth-order valence-electron chi connectivity index (χ4n) is 3.36. The molecule has 1 saturated heterocycles. The Morgan fingerprint density at radius 3 is 2.67 bits per heavy atom. The molecule has 1 N–H and O–H groups in total. The molecule has 4 rings (SSSR count). The number of nitrogens with one attached hydrogen (secondary N) is 1. The Kier molecular flexibility index (Phi) is 6.28. The normalized spacial score (nSPS) is 14.6. The van der Waals surface area contributed by atoms with Crippen LogP contribution in [0, 0.1) is 11.3 Å². The molecule has 2 aromatic carbocycles. The van der Waals surface area contributed by atoms with Crippen molar-refractivity contribution in [1.82, 2.24) is 20.1 Å². The van der Waals surface area contributed by atoms with Gasteiger partial charge >= 0.3 is 0 Å². The number of hydrogen-bond donors (Lipinski definition) is 1. The molecule has 0 bridgehead atoms. The van der Waals surface area contributed by atoms with Gasteiger partial charge in [-0.05, 0) is 23.8 Å². The number of rotatable bonds is 6. The second-order valence-electron chi connectivity index (χ2n) is 7.06. The van der Waals surface area contributed by atoms with Gasteiger partial charge in [0.15, 0.2) is 5.82 Å². The molecular weight excluding hydrogens is 374 g/mol. The monoisotopic (exact) mass is 397 g/mol. The van der Waals surface area contributed by atoms with E-state index in [1.807, 2.05) is 18.2 Å². The van der Waals surface area contributed by atoms with Gasteiger partial charge in [0.1, 0.15) is 0 Å². The van der Waals surface area contributed by atoms with E-state index in [1.54, 1.807) is 18.3 Å². The summed E-state index contributed by atoms with van der Waals surface area (Å²) in [4.78, 5) is 9.25. The van der Waals surface area contributed by atoms with Crippen LogP contribution in [-0.2, 0) is 0 Å². The highest BCUT2D eigenvalue weighted by Gasteiger charge is 2.18. The van der Waals surface area contributed by atoms with Crippen LogP contribution in [-0.4, -0.2) is 52.8 Å². The topological polar surface area (TPSA) is 81.0 Å². The number of benzene rings is 2. The molecule has 0 radical (unpaired) electrons. The zero-order valence-corrected chi connectivity index (χ0v) is 16.6. The quantitative estimate of drug-likeness (QED) is 0.683. The smallest absolute Gasteiger partial charge is 0.249 e. The van der Waals surface area contributed by atoms with Gasteiger partial charge < -0.3 is 10.2 Å². The van der Waals surface area contributed by atoms with E-state index in [1.165, 1.54) is 5.56 Å². The maximum atomic E-state index is 9.04. The van der Waals surface area contributed by atoms with Crippen molar-refractivity contribution in [3.8, 4) is 6.07 Å². The van der Waals surface area contributed by atoms with Gasteiger partial charge in [0.2, 0.25) is 5.95 Å². The minimum Gasteiger partial charge on any atom is -0.353 e. The summed E-state index contributed by atoms with van der Waals surface area (Å²) in [5.41, 5.74) is 2.58. The van der Waals surface area contributed by atoms with E-state index in [2.05, 4.69) is 72.8 Å².